The molecule has 0 saturated carbocycles. The second-order valence-electron chi connectivity index (χ2n) is 6.68. The lowest BCUT2D eigenvalue weighted by Crippen LogP contribution is -2.41. The van der Waals surface area contributed by atoms with Crippen LogP contribution in [0.5, 0.6) is 0 Å². The number of hydrogen-bond acceptors (Lipinski definition) is 4. The summed E-state index contributed by atoms with van der Waals surface area (Å²) >= 11 is 0. The molecule has 29 heavy (non-hydrogen) atoms. The fourth-order valence-corrected chi connectivity index (χ4v) is 3.49. The second-order valence-corrected chi connectivity index (χ2v) is 6.68. The van der Waals surface area contributed by atoms with Crippen molar-refractivity contribution in [2.45, 2.75) is 24.8 Å². The molecule has 2 aromatic rings. The maximum atomic E-state index is 12.2. The molecule has 0 fully saturated rings. The quantitative estimate of drug-likeness (QED) is 0.591. The Balaban J connectivity index is 1.61. The Morgan fingerprint density at radius 3 is 2.14 bits per heavy atom. The minimum absolute atomic E-state index is 0.0588. The summed E-state index contributed by atoms with van der Waals surface area (Å²) in [7, 11) is 0. The van der Waals surface area contributed by atoms with Crippen molar-refractivity contribution in [3.05, 3.63) is 71.8 Å². The number of carboxylic acids is 2. The highest BCUT2D eigenvalue weighted by molar-refractivity contribution is 5.81. The van der Waals surface area contributed by atoms with Crippen molar-refractivity contribution >= 4 is 18.0 Å². The van der Waals surface area contributed by atoms with Gasteiger partial charge in [-0.3, -0.25) is 0 Å². The Hall–Kier alpha value is -3.61. The van der Waals surface area contributed by atoms with Crippen LogP contribution in [0, 0.1) is 0 Å². The van der Waals surface area contributed by atoms with Gasteiger partial charge in [0, 0.05) is 12.0 Å². The van der Waals surface area contributed by atoms with Crippen molar-refractivity contribution in [1.29, 1.82) is 0 Å². The van der Waals surface area contributed by atoms with Gasteiger partial charge in [-0.1, -0.05) is 54.6 Å². The van der Waals surface area contributed by atoms with Crippen molar-refractivity contribution < 1.29 is 29.3 Å². The van der Waals surface area contributed by atoms with E-state index >= 15 is 0 Å². The number of aliphatic carboxylic acids is 2. The minimum Gasteiger partial charge on any atom is -0.480 e. The third-order valence-corrected chi connectivity index (χ3v) is 4.82. The van der Waals surface area contributed by atoms with Gasteiger partial charge in [-0.15, -0.1) is 0 Å². The normalized spacial score (nSPS) is 13.5. The second kappa shape index (κ2) is 9.05. The van der Waals surface area contributed by atoms with E-state index in [1.54, 1.807) is 0 Å². The fourth-order valence-electron chi connectivity index (χ4n) is 3.49. The molecule has 0 bridgehead atoms. The molecule has 1 unspecified atom stereocenters. The Labute approximate surface area is 167 Å². The van der Waals surface area contributed by atoms with E-state index in [0.29, 0.717) is 0 Å². The number of amides is 1. The van der Waals surface area contributed by atoms with Crippen LogP contribution in [0.4, 0.5) is 4.79 Å². The van der Waals surface area contributed by atoms with Crippen LogP contribution >= 0.6 is 0 Å². The Kier molecular flexibility index (Phi) is 6.29. The third-order valence-electron chi connectivity index (χ3n) is 4.82. The molecule has 0 radical (unpaired) electrons. The summed E-state index contributed by atoms with van der Waals surface area (Å²) in [5.74, 6) is -2.43. The van der Waals surface area contributed by atoms with E-state index in [0.717, 1.165) is 28.3 Å². The lowest BCUT2D eigenvalue weighted by atomic mass is 9.98. The molecular formula is C22H21NO6. The summed E-state index contributed by atoms with van der Waals surface area (Å²) < 4.78 is 5.34. The van der Waals surface area contributed by atoms with Crippen LogP contribution in [0.3, 0.4) is 0 Å². The molecule has 0 aliphatic heterocycles. The Morgan fingerprint density at radius 2 is 1.59 bits per heavy atom. The first kappa shape index (κ1) is 20.1. The molecule has 150 valence electrons. The largest absolute Gasteiger partial charge is 0.480 e. The Bertz CT molecular complexity index is 906. The standard InChI is InChI=1S/C22H21NO6/c24-20(25)12-6-5-11-19(21(26)27)23-22(28)29-13-18-16-9-3-1-7-14(16)15-8-2-4-10-17(15)18/h1-4,6-10,12,18-19H,5,11,13H2,(H,23,28)(H,24,25)(H,26,27)/b12-6+. The maximum absolute atomic E-state index is 12.2. The summed E-state index contributed by atoms with van der Waals surface area (Å²) in [4.78, 5) is 34.0. The van der Waals surface area contributed by atoms with E-state index in [9.17, 15) is 19.5 Å². The van der Waals surface area contributed by atoms with Crippen molar-refractivity contribution in [3.63, 3.8) is 0 Å². The summed E-state index contributed by atoms with van der Waals surface area (Å²) in [6.07, 6.45) is 1.72. The summed E-state index contributed by atoms with van der Waals surface area (Å²) in [5.41, 5.74) is 4.33. The van der Waals surface area contributed by atoms with Crippen LogP contribution in [0.15, 0.2) is 60.7 Å². The first-order chi connectivity index (χ1) is 14.0. The van der Waals surface area contributed by atoms with Crippen LogP contribution in [-0.2, 0) is 14.3 Å². The lowest BCUT2D eigenvalue weighted by Gasteiger charge is -2.17. The number of carbonyl (C=O) groups is 3. The molecule has 0 aromatic heterocycles. The highest BCUT2D eigenvalue weighted by atomic mass is 16.5. The summed E-state index contributed by atoms with van der Waals surface area (Å²) in [6.45, 7) is 0.0884. The number of alkyl carbamates (subject to hydrolysis) is 1. The van der Waals surface area contributed by atoms with Crippen molar-refractivity contribution in [2.24, 2.45) is 0 Å². The fraction of sp³-hybridized carbons (Fsp3) is 0.227. The van der Waals surface area contributed by atoms with Gasteiger partial charge >= 0.3 is 18.0 Å². The molecule has 7 heteroatoms. The monoisotopic (exact) mass is 395 g/mol. The van der Waals surface area contributed by atoms with Gasteiger partial charge in [-0.05, 0) is 35.1 Å². The molecule has 1 atom stereocenters. The van der Waals surface area contributed by atoms with E-state index in [1.165, 1.54) is 6.08 Å². The van der Waals surface area contributed by atoms with Gasteiger partial charge in [-0.2, -0.15) is 0 Å². The Morgan fingerprint density at radius 1 is 1.00 bits per heavy atom. The van der Waals surface area contributed by atoms with Gasteiger partial charge in [-0.25, -0.2) is 14.4 Å². The van der Waals surface area contributed by atoms with Gasteiger partial charge in [0.1, 0.15) is 12.6 Å². The van der Waals surface area contributed by atoms with Crippen LogP contribution in [0.2, 0.25) is 0 Å². The number of carbonyl (C=O) groups excluding carboxylic acids is 1. The molecule has 1 aliphatic carbocycles. The zero-order chi connectivity index (χ0) is 20.8. The van der Waals surface area contributed by atoms with E-state index < -0.39 is 24.1 Å². The molecule has 3 rings (SSSR count). The first-order valence-corrected chi connectivity index (χ1v) is 9.21. The van der Waals surface area contributed by atoms with Crippen LogP contribution in [-0.4, -0.2) is 40.9 Å². The lowest BCUT2D eigenvalue weighted by molar-refractivity contribution is -0.139. The first-order valence-electron chi connectivity index (χ1n) is 9.21. The van der Waals surface area contributed by atoms with E-state index in [1.807, 2.05) is 48.5 Å². The molecule has 2 aromatic carbocycles. The molecule has 3 N–H and O–H groups in total. The molecule has 0 spiro atoms. The number of rotatable bonds is 8. The van der Waals surface area contributed by atoms with Gasteiger partial charge in [0.05, 0.1) is 0 Å². The number of hydrogen-bond donors (Lipinski definition) is 3. The van der Waals surface area contributed by atoms with Crippen LogP contribution < -0.4 is 5.32 Å². The highest BCUT2D eigenvalue weighted by Gasteiger charge is 2.29. The van der Waals surface area contributed by atoms with Gasteiger partial charge < -0.3 is 20.3 Å². The number of nitrogens with one attached hydrogen (secondary N) is 1. The minimum atomic E-state index is -1.21. The predicted octanol–water partition coefficient (Wildman–Crippen LogP) is 3.40. The maximum Gasteiger partial charge on any atom is 0.407 e. The molecular weight excluding hydrogens is 374 g/mol. The summed E-state index contributed by atoms with van der Waals surface area (Å²) in [5, 5.41) is 20.1. The molecule has 0 saturated heterocycles. The van der Waals surface area contributed by atoms with Crippen LogP contribution in [0.25, 0.3) is 11.1 Å². The number of carboxylic acid groups (broad SMARTS) is 2. The van der Waals surface area contributed by atoms with Crippen molar-refractivity contribution in [3.8, 4) is 11.1 Å². The number of allylic oxidation sites excluding steroid dienone is 1. The van der Waals surface area contributed by atoms with Crippen molar-refractivity contribution in [2.75, 3.05) is 6.61 Å². The zero-order valence-electron chi connectivity index (χ0n) is 15.6. The van der Waals surface area contributed by atoms with Crippen molar-refractivity contribution in [1.82, 2.24) is 5.32 Å². The average molecular weight is 395 g/mol. The van der Waals surface area contributed by atoms with Crippen LogP contribution in [0.1, 0.15) is 29.9 Å². The van der Waals surface area contributed by atoms with E-state index in [4.69, 9.17) is 9.84 Å². The average Bonchev–Trinajstić information content (AvgIpc) is 3.02. The summed E-state index contributed by atoms with van der Waals surface area (Å²) in [6, 6.07) is 14.7. The number of fused-ring (bicyclic) bond motifs is 3. The molecule has 0 heterocycles. The number of ether oxygens (including phenoxy) is 1. The molecule has 1 amide bonds. The van der Waals surface area contributed by atoms with Gasteiger partial charge in [0.15, 0.2) is 0 Å². The van der Waals surface area contributed by atoms with E-state index in [2.05, 4.69) is 5.32 Å². The van der Waals surface area contributed by atoms with Gasteiger partial charge in [0.25, 0.3) is 0 Å². The number of benzene rings is 2. The topological polar surface area (TPSA) is 113 Å². The van der Waals surface area contributed by atoms with E-state index in [-0.39, 0.29) is 25.4 Å². The predicted molar refractivity (Wildman–Crippen MR) is 106 cm³/mol. The highest BCUT2D eigenvalue weighted by Crippen LogP contribution is 2.44. The SMILES string of the molecule is O=C(O)/C=C/CCC(NC(=O)OCC1c2ccccc2-c2ccccc21)C(=O)O. The molecule has 7 nitrogen and oxygen atoms in total. The third kappa shape index (κ3) is 4.82. The smallest absolute Gasteiger partial charge is 0.407 e. The zero-order valence-corrected chi connectivity index (χ0v) is 15.6. The molecule has 1 aliphatic rings. The van der Waals surface area contributed by atoms with Gasteiger partial charge in [0.2, 0.25) is 0 Å².